The van der Waals surface area contributed by atoms with Gasteiger partial charge in [-0.3, -0.25) is 0 Å². The molecular formula is C14H20N2O2. The van der Waals surface area contributed by atoms with Crippen LogP contribution in [0.4, 0.5) is 4.79 Å². The van der Waals surface area contributed by atoms with Crippen LogP contribution in [0.1, 0.15) is 18.9 Å². The predicted octanol–water partition coefficient (Wildman–Crippen LogP) is 2.01. The summed E-state index contributed by atoms with van der Waals surface area (Å²) < 4.78 is 5.33. The van der Waals surface area contributed by atoms with Crippen molar-refractivity contribution in [2.24, 2.45) is 0 Å². The Morgan fingerprint density at radius 1 is 1.44 bits per heavy atom. The monoisotopic (exact) mass is 248 g/mol. The highest BCUT2D eigenvalue weighted by atomic mass is 16.6. The second-order valence-corrected chi connectivity index (χ2v) is 5.02. The normalized spacial score (nSPS) is 22.8. The Labute approximate surface area is 108 Å². The number of likely N-dealkylation sites (N-methyl/N-ethyl adjacent to an activating group) is 1. The van der Waals surface area contributed by atoms with Crippen molar-refractivity contribution in [3.8, 4) is 0 Å². The van der Waals surface area contributed by atoms with Gasteiger partial charge in [-0.05, 0) is 25.5 Å². The molecule has 1 aromatic rings. The van der Waals surface area contributed by atoms with Crippen molar-refractivity contribution in [1.29, 1.82) is 0 Å². The molecule has 1 unspecified atom stereocenters. The summed E-state index contributed by atoms with van der Waals surface area (Å²) in [5.74, 6) is 0. The molecule has 0 spiro atoms. The Balaban J connectivity index is 1.88. The van der Waals surface area contributed by atoms with Gasteiger partial charge in [0.2, 0.25) is 0 Å². The van der Waals surface area contributed by atoms with E-state index >= 15 is 0 Å². The average Bonchev–Trinajstić information content (AvgIpc) is 2.84. The van der Waals surface area contributed by atoms with E-state index in [1.807, 2.05) is 30.3 Å². The maximum Gasteiger partial charge on any atom is 0.410 e. The van der Waals surface area contributed by atoms with E-state index in [2.05, 4.69) is 12.2 Å². The van der Waals surface area contributed by atoms with Crippen LogP contribution in [0, 0.1) is 0 Å². The second-order valence-electron chi connectivity index (χ2n) is 5.02. The van der Waals surface area contributed by atoms with Crippen molar-refractivity contribution < 1.29 is 9.53 Å². The van der Waals surface area contributed by atoms with E-state index in [0.29, 0.717) is 6.61 Å². The van der Waals surface area contributed by atoms with Crippen LogP contribution in [0.25, 0.3) is 0 Å². The topological polar surface area (TPSA) is 41.6 Å². The average molecular weight is 248 g/mol. The zero-order valence-electron chi connectivity index (χ0n) is 11.0. The Morgan fingerprint density at radius 2 is 2.17 bits per heavy atom. The number of nitrogens with zero attached hydrogens (tertiary/aromatic N) is 1. The molecule has 1 fully saturated rings. The Morgan fingerprint density at radius 3 is 2.78 bits per heavy atom. The van der Waals surface area contributed by atoms with Gasteiger partial charge in [-0.1, -0.05) is 30.3 Å². The highest BCUT2D eigenvalue weighted by Gasteiger charge is 2.36. The van der Waals surface area contributed by atoms with Gasteiger partial charge in [-0.2, -0.15) is 0 Å². The third-order valence-corrected chi connectivity index (χ3v) is 3.63. The molecule has 1 aromatic carbocycles. The standard InChI is InChI=1S/C14H20N2O2/c1-14(8-9-15-11-14)16(2)13(17)18-10-12-6-4-3-5-7-12/h3-7,15H,8-11H2,1-2H3. The smallest absolute Gasteiger partial charge is 0.410 e. The number of hydrogen-bond acceptors (Lipinski definition) is 3. The lowest BCUT2D eigenvalue weighted by molar-refractivity contribution is 0.0709. The van der Waals surface area contributed by atoms with Gasteiger partial charge < -0.3 is 15.0 Å². The van der Waals surface area contributed by atoms with Crippen LogP contribution in [0.3, 0.4) is 0 Å². The summed E-state index contributed by atoms with van der Waals surface area (Å²) in [6, 6.07) is 9.73. The molecular weight excluding hydrogens is 228 g/mol. The van der Waals surface area contributed by atoms with Crippen LogP contribution in [0.5, 0.6) is 0 Å². The lowest BCUT2D eigenvalue weighted by atomic mass is 10.0. The highest BCUT2D eigenvalue weighted by molar-refractivity contribution is 5.68. The number of nitrogens with one attached hydrogen (secondary N) is 1. The molecule has 1 aliphatic rings. The van der Waals surface area contributed by atoms with Crippen molar-refractivity contribution in [3.05, 3.63) is 35.9 Å². The summed E-state index contributed by atoms with van der Waals surface area (Å²) in [6.45, 7) is 4.18. The summed E-state index contributed by atoms with van der Waals surface area (Å²) in [7, 11) is 1.81. The van der Waals surface area contributed by atoms with Crippen molar-refractivity contribution in [1.82, 2.24) is 10.2 Å². The minimum Gasteiger partial charge on any atom is -0.445 e. The van der Waals surface area contributed by atoms with Crippen molar-refractivity contribution in [2.75, 3.05) is 20.1 Å². The fourth-order valence-corrected chi connectivity index (χ4v) is 2.13. The second kappa shape index (κ2) is 5.40. The van der Waals surface area contributed by atoms with E-state index in [1.54, 1.807) is 11.9 Å². The van der Waals surface area contributed by atoms with Gasteiger partial charge in [0.1, 0.15) is 6.61 Å². The first-order chi connectivity index (χ1) is 8.62. The molecule has 0 radical (unpaired) electrons. The number of rotatable bonds is 3. The van der Waals surface area contributed by atoms with Gasteiger partial charge >= 0.3 is 6.09 Å². The fraction of sp³-hybridized carbons (Fsp3) is 0.500. The Kier molecular flexibility index (Phi) is 3.87. The molecule has 98 valence electrons. The van der Waals surface area contributed by atoms with Gasteiger partial charge in [0.05, 0.1) is 5.54 Å². The third-order valence-electron chi connectivity index (χ3n) is 3.63. The zero-order valence-corrected chi connectivity index (χ0v) is 11.0. The van der Waals surface area contributed by atoms with E-state index in [9.17, 15) is 4.79 Å². The Hall–Kier alpha value is -1.55. The van der Waals surface area contributed by atoms with Gasteiger partial charge in [0, 0.05) is 13.6 Å². The van der Waals surface area contributed by atoms with Crippen LogP contribution in [-0.4, -0.2) is 36.7 Å². The van der Waals surface area contributed by atoms with Crippen molar-refractivity contribution in [2.45, 2.75) is 25.5 Å². The van der Waals surface area contributed by atoms with Crippen molar-refractivity contribution in [3.63, 3.8) is 0 Å². The first kappa shape index (κ1) is 12.9. The SMILES string of the molecule is CN(C(=O)OCc1ccccc1)C1(C)CCNC1. The van der Waals surface area contributed by atoms with E-state index in [0.717, 1.165) is 25.1 Å². The summed E-state index contributed by atoms with van der Waals surface area (Å²) in [5, 5.41) is 3.27. The molecule has 1 heterocycles. The maximum absolute atomic E-state index is 12.0. The van der Waals surface area contributed by atoms with Crippen molar-refractivity contribution >= 4 is 6.09 Å². The van der Waals surface area contributed by atoms with E-state index < -0.39 is 0 Å². The summed E-state index contributed by atoms with van der Waals surface area (Å²) in [4.78, 5) is 13.7. The number of carbonyl (C=O) groups excluding carboxylic acids is 1. The largest absolute Gasteiger partial charge is 0.445 e. The number of carbonyl (C=O) groups is 1. The minimum atomic E-state index is -0.259. The first-order valence-corrected chi connectivity index (χ1v) is 6.27. The molecule has 18 heavy (non-hydrogen) atoms. The molecule has 1 atom stereocenters. The number of amides is 1. The van der Waals surface area contributed by atoms with Crippen LogP contribution in [0.15, 0.2) is 30.3 Å². The molecule has 1 saturated heterocycles. The molecule has 1 amide bonds. The molecule has 4 nitrogen and oxygen atoms in total. The third kappa shape index (κ3) is 2.82. The minimum absolute atomic E-state index is 0.131. The number of ether oxygens (including phenoxy) is 1. The Bertz CT molecular complexity index is 400. The van der Waals surface area contributed by atoms with Crippen LogP contribution in [-0.2, 0) is 11.3 Å². The zero-order chi connectivity index (χ0) is 13.0. The van der Waals surface area contributed by atoms with Gasteiger partial charge in [0.15, 0.2) is 0 Å². The molecule has 4 heteroatoms. The quantitative estimate of drug-likeness (QED) is 0.889. The molecule has 1 N–H and O–H groups in total. The first-order valence-electron chi connectivity index (χ1n) is 6.27. The summed E-state index contributed by atoms with van der Waals surface area (Å²) in [6.07, 6.45) is 0.703. The summed E-state index contributed by atoms with van der Waals surface area (Å²) >= 11 is 0. The number of benzene rings is 1. The fourth-order valence-electron chi connectivity index (χ4n) is 2.13. The lowest BCUT2D eigenvalue weighted by Gasteiger charge is -2.33. The highest BCUT2D eigenvalue weighted by Crippen LogP contribution is 2.21. The van der Waals surface area contributed by atoms with Gasteiger partial charge in [-0.15, -0.1) is 0 Å². The van der Waals surface area contributed by atoms with E-state index in [4.69, 9.17) is 4.74 Å². The molecule has 0 bridgehead atoms. The van der Waals surface area contributed by atoms with Gasteiger partial charge in [0.25, 0.3) is 0 Å². The molecule has 0 aromatic heterocycles. The molecule has 1 aliphatic heterocycles. The van der Waals surface area contributed by atoms with E-state index in [1.165, 1.54) is 0 Å². The molecule has 0 aliphatic carbocycles. The van der Waals surface area contributed by atoms with E-state index in [-0.39, 0.29) is 11.6 Å². The lowest BCUT2D eigenvalue weighted by Crippen LogP contribution is -2.48. The van der Waals surface area contributed by atoms with Crippen LogP contribution >= 0.6 is 0 Å². The van der Waals surface area contributed by atoms with Gasteiger partial charge in [-0.25, -0.2) is 4.79 Å². The number of hydrogen-bond donors (Lipinski definition) is 1. The van der Waals surface area contributed by atoms with Crippen LogP contribution < -0.4 is 5.32 Å². The maximum atomic E-state index is 12.0. The molecule has 2 rings (SSSR count). The molecule has 0 saturated carbocycles. The summed E-state index contributed by atoms with van der Waals surface area (Å²) in [5.41, 5.74) is 0.877. The predicted molar refractivity (Wildman–Crippen MR) is 70.3 cm³/mol. The van der Waals surface area contributed by atoms with Crippen LogP contribution in [0.2, 0.25) is 0 Å².